The lowest BCUT2D eigenvalue weighted by atomic mass is 10.2. The first-order valence-electron chi connectivity index (χ1n) is 9.84. The van der Waals surface area contributed by atoms with Crippen molar-refractivity contribution in [3.63, 3.8) is 0 Å². The minimum absolute atomic E-state index is 0. The van der Waals surface area contributed by atoms with Crippen LogP contribution in [0.4, 0.5) is 5.69 Å². The Bertz CT molecular complexity index is 624. The minimum Gasteiger partial charge on any atom is -0.357 e. The lowest BCUT2D eigenvalue weighted by Crippen LogP contribution is -2.40. The lowest BCUT2D eigenvalue weighted by Gasteiger charge is -2.20. The number of guanidine groups is 1. The van der Waals surface area contributed by atoms with Gasteiger partial charge in [-0.05, 0) is 38.3 Å². The molecular weight excluding hydrogens is 469 g/mol. The number of nitrogens with zero attached hydrogens (tertiary/aromatic N) is 2. The monoisotopic (exact) mass is 501 g/mol. The molecule has 0 saturated carbocycles. The number of hydrogen-bond donors (Lipinski definition) is 3. The number of carbonyl (C=O) groups is 2. The minimum atomic E-state index is -0.159. The van der Waals surface area contributed by atoms with Crippen LogP contribution in [0.1, 0.15) is 39.0 Å². The van der Waals surface area contributed by atoms with Gasteiger partial charge in [0.1, 0.15) is 6.54 Å². The van der Waals surface area contributed by atoms with Gasteiger partial charge in [-0.2, -0.15) is 0 Å². The summed E-state index contributed by atoms with van der Waals surface area (Å²) in [6.07, 6.45) is 4.78. The molecule has 7 nitrogen and oxygen atoms in total. The Labute approximate surface area is 184 Å². The van der Waals surface area contributed by atoms with Crippen molar-refractivity contribution < 1.29 is 9.59 Å². The number of hydrogen-bond acceptors (Lipinski definition) is 3. The van der Waals surface area contributed by atoms with Crippen LogP contribution in [-0.2, 0) is 9.59 Å². The van der Waals surface area contributed by atoms with Gasteiger partial charge >= 0.3 is 0 Å². The zero-order valence-electron chi connectivity index (χ0n) is 16.6. The first-order chi connectivity index (χ1) is 13.2. The molecule has 0 radical (unpaired) electrons. The third-order valence-corrected chi connectivity index (χ3v) is 4.35. The molecule has 1 aromatic rings. The second-order valence-electron chi connectivity index (χ2n) is 6.58. The number of halogens is 1. The maximum absolute atomic E-state index is 12.0. The molecule has 0 bridgehead atoms. The molecule has 1 aliphatic rings. The van der Waals surface area contributed by atoms with E-state index in [1.807, 2.05) is 42.2 Å². The van der Waals surface area contributed by atoms with Crippen molar-refractivity contribution in [2.75, 3.05) is 38.0 Å². The third-order valence-electron chi connectivity index (χ3n) is 4.35. The number of rotatable bonds is 8. The maximum atomic E-state index is 12.0. The Hall–Kier alpha value is -1.84. The average molecular weight is 501 g/mol. The van der Waals surface area contributed by atoms with Crippen LogP contribution in [0.2, 0.25) is 0 Å². The van der Waals surface area contributed by atoms with Gasteiger partial charge in [-0.25, -0.2) is 4.99 Å². The highest BCUT2D eigenvalue weighted by molar-refractivity contribution is 14.0. The summed E-state index contributed by atoms with van der Waals surface area (Å²) in [4.78, 5) is 30.3. The van der Waals surface area contributed by atoms with E-state index in [1.54, 1.807) is 0 Å². The molecule has 0 aliphatic carbocycles. The van der Waals surface area contributed by atoms with Gasteiger partial charge in [-0.3, -0.25) is 9.59 Å². The van der Waals surface area contributed by atoms with Gasteiger partial charge < -0.3 is 20.9 Å². The molecule has 1 aromatic carbocycles. The Morgan fingerprint density at radius 2 is 1.93 bits per heavy atom. The maximum Gasteiger partial charge on any atom is 0.246 e. The van der Waals surface area contributed by atoms with E-state index in [9.17, 15) is 9.59 Å². The Morgan fingerprint density at radius 3 is 2.68 bits per heavy atom. The van der Waals surface area contributed by atoms with Crippen LogP contribution in [0.15, 0.2) is 35.3 Å². The van der Waals surface area contributed by atoms with Crippen molar-refractivity contribution in [3.8, 4) is 0 Å². The van der Waals surface area contributed by atoms with Gasteiger partial charge in [-0.1, -0.05) is 24.6 Å². The SMILES string of the molecule is CCNC(=NCC(=O)Nc1ccccc1)NCCCN1CCCCCC1=O.I. The summed E-state index contributed by atoms with van der Waals surface area (Å²) in [5, 5.41) is 9.18. The molecule has 1 aliphatic heterocycles. The predicted molar refractivity (Wildman–Crippen MR) is 124 cm³/mol. The summed E-state index contributed by atoms with van der Waals surface area (Å²) in [5.41, 5.74) is 0.762. The molecule has 2 amide bonds. The second-order valence-corrected chi connectivity index (χ2v) is 6.58. The van der Waals surface area contributed by atoms with Crippen LogP contribution in [0.3, 0.4) is 0 Å². The van der Waals surface area contributed by atoms with E-state index in [-0.39, 0.29) is 42.3 Å². The molecule has 1 heterocycles. The summed E-state index contributed by atoms with van der Waals surface area (Å²) < 4.78 is 0. The molecule has 1 fully saturated rings. The van der Waals surface area contributed by atoms with Crippen LogP contribution >= 0.6 is 24.0 Å². The van der Waals surface area contributed by atoms with E-state index in [0.29, 0.717) is 18.9 Å². The van der Waals surface area contributed by atoms with Crippen molar-refractivity contribution in [1.29, 1.82) is 0 Å². The number of para-hydroxylation sites is 1. The fourth-order valence-corrected chi connectivity index (χ4v) is 2.97. The summed E-state index contributed by atoms with van der Waals surface area (Å²) in [5.74, 6) is 0.724. The molecular formula is C20H32IN5O2. The zero-order chi connectivity index (χ0) is 19.3. The highest BCUT2D eigenvalue weighted by Gasteiger charge is 2.15. The second kappa shape index (κ2) is 14.2. The van der Waals surface area contributed by atoms with Crippen LogP contribution in [-0.4, -0.2) is 55.4 Å². The summed E-state index contributed by atoms with van der Waals surface area (Å²) in [7, 11) is 0. The van der Waals surface area contributed by atoms with Crippen molar-refractivity contribution >= 4 is 47.4 Å². The summed E-state index contributed by atoms with van der Waals surface area (Å²) in [6.45, 7) is 5.09. The third kappa shape index (κ3) is 9.38. The highest BCUT2D eigenvalue weighted by atomic mass is 127. The van der Waals surface area contributed by atoms with Crippen molar-refractivity contribution in [2.45, 2.75) is 39.0 Å². The van der Waals surface area contributed by atoms with Gasteiger partial charge in [0.05, 0.1) is 0 Å². The highest BCUT2D eigenvalue weighted by Crippen LogP contribution is 2.11. The Balaban J connectivity index is 0.00000392. The van der Waals surface area contributed by atoms with Crippen molar-refractivity contribution in [1.82, 2.24) is 15.5 Å². The number of nitrogens with one attached hydrogen (secondary N) is 3. The molecule has 0 unspecified atom stereocenters. The number of amides is 2. The normalized spacial score (nSPS) is 14.7. The molecule has 156 valence electrons. The molecule has 0 aromatic heterocycles. The first kappa shape index (κ1) is 24.2. The van der Waals surface area contributed by atoms with Gasteiger partial charge in [0.2, 0.25) is 11.8 Å². The van der Waals surface area contributed by atoms with Crippen LogP contribution in [0.5, 0.6) is 0 Å². The Kier molecular flexibility index (Phi) is 12.3. The average Bonchev–Trinajstić information content (AvgIpc) is 2.88. The van der Waals surface area contributed by atoms with E-state index in [0.717, 1.165) is 51.0 Å². The molecule has 0 spiro atoms. The van der Waals surface area contributed by atoms with Gasteiger partial charge in [0.25, 0.3) is 0 Å². The standard InChI is InChI=1S/C20H31N5O2.HI/c1-2-21-20(23-16-18(26)24-17-10-5-3-6-11-17)22-13-9-15-25-14-8-4-7-12-19(25)27;/h3,5-6,10-11H,2,4,7-9,12-16H2,1H3,(H,24,26)(H2,21,22,23);1H. The number of aliphatic imine (C=N–C) groups is 1. The fraction of sp³-hybridized carbons (Fsp3) is 0.550. The smallest absolute Gasteiger partial charge is 0.246 e. The van der Waals surface area contributed by atoms with Gasteiger partial charge in [0.15, 0.2) is 5.96 Å². The molecule has 2 rings (SSSR count). The Morgan fingerprint density at radius 1 is 1.14 bits per heavy atom. The van der Waals surface area contributed by atoms with E-state index in [2.05, 4.69) is 20.9 Å². The molecule has 0 atom stereocenters. The van der Waals surface area contributed by atoms with Crippen LogP contribution in [0, 0.1) is 0 Å². The quantitative estimate of drug-likeness (QED) is 0.221. The topological polar surface area (TPSA) is 85.8 Å². The van der Waals surface area contributed by atoms with Crippen molar-refractivity contribution in [2.24, 2.45) is 4.99 Å². The summed E-state index contributed by atoms with van der Waals surface area (Å²) >= 11 is 0. The fourth-order valence-electron chi connectivity index (χ4n) is 2.97. The number of likely N-dealkylation sites (tertiary alicyclic amines) is 1. The molecule has 1 saturated heterocycles. The lowest BCUT2D eigenvalue weighted by molar-refractivity contribution is -0.130. The summed E-state index contributed by atoms with van der Waals surface area (Å²) in [6, 6.07) is 9.34. The molecule has 8 heteroatoms. The van der Waals surface area contributed by atoms with E-state index in [4.69, 9.17) is 0 Å². The van der Waals surface area contributed by atoms with E-state index < -0.39 is 0 Å². The number of anilines is 1. The largest absolute Gasteiger partial charge is 0.357 e. The molecule has 3 N–H and O–H groups in total. The molecule has 28 heavy (non-hydrogen) atoms. The number of benzene rings is 1. The number of carbonyl (C=O) groups excluding carboxylic acids is 2. The van der Waals surface area contributed by atoms with Crippen LogP contribution in [0.25, 0.3) is 0 Å². The zero-order valence-corrected chi connectivity index (χ0v) is 18.9. The van der Waals surface area contributed by atoms with Crippen LogP contribution < -0.4 is 16.0 Å². The van der Waals surface area contributed by atoms with Gasteiger partial charge in [-0.15, -0.1) is 24.0 Å². The first-order valence-corrected chi connectivity index (χ1v) is 9.84. The van der Waals surface area contributed by atoms with E-state index >= 15 is 0 Å². The predicted octanol–water partition coefficient (Wildman–Crippen LogP) is 2.59. The van der Waals surface area contributed by atoms with Gasteiger partial charge in [0, 0.05) is 38.3 Å². The van der Waals surface area contributed by atoms with E-state index in [1.165, 1.54) is 0 Å². The van der Waals surface area contributed by atoms with Crippen molar-refractivity contribution in [3.05, 3.63) is 30.3 Å².